The van der Waals surface area contributed by atoms with E-state index in [4.69, 9.17) is 90.9 Å². The number of alkyl halides is 6. The van der Waals surface area contributed by atoms with Crippen LogP contribution in [0.2, 0.25) is 25.8 Å². The highest BCUT2D eigenvalue weighted by molar-refractivity contribution is 7.90. The highest BCUT2D eigenvalue weighted by Crippen LogP contribution is 2.32. The second kappa shape index (κ2) is 48.0. The number of nitrogens with one attached hydrogen (secondary N) is 1. The number of carbonyl (C=O) groups excluding carboxylic acids is 5. The highest BCUT2D eigenvalue weighted by Gasteiger charge is 2.51. The molecule has 0 fully saturated rings. The molecule has 0 radical (unpaired) electrons. The largest absolute Gasteiger partial charge is 0.516 e. The SMILES string of the molecule is CC.CCOC(=O)CC(=O)CC.CCOC(=O)c1c(CC)nc2nc(Cl)ccn12.CCc1nc2nc(Cl)ccn2c1C(=O)Cl.CCc1nc2nc(Cl)ccn2c1C(=O)NCc1ccc(N2CCN(S(=O)(=O)C(F)(F)F)C=N2)c(F)c1.CCc1nc2nc(Cl)ccn2c1C(=O)O.Cl.NCc1ccc(N2CCN(S(=O)(=O)C(F)(F)F)C=N2)c(F)c1.Nc1nccc(Cl)n1. The van der Waals surface area contributed by atoms with Crippen molar-refractivity contribution in [2.75, 3.05) is 55.1 Å². The van der Waals surface area contributed by atoms with Gasteiger partial charge in [0.1, 0.15) is 73.7 Å². The molecule has 0 saturated carbocycles. The van der Waals surface area contributed by atoms with Crippen molar-refractivity contribution in [2.24, 2.45) is 15.9 Å². The van der Waals surface area contributed by atoms with Crippen molar-refractivity contribution in [3.8, 4) is 0 Å². The van der Waals surface area contributed by atoms with E-state index in [1.165, 1.54) is 51.4 Å². The second-order valence-corrected chi connectivity index (χ2v) is 30.5. The van der Waals surface area contributed by atoms with E-state index in [0.29, 0.717) is 141 Å². The first-order valence-electron chi connectivity index (χ1n) is 37.0. The van der Waals surface area contributed by atoms with Gasteiger partial charge in [-0.25, -0.2) is 76.8 Å². The molecule has 11 aromatic rings. The Hall–Kier alpha value is -11.1. The zero-order valence-electron chi connectivity index (χ0n) is 67.8. The van der Waals surface area contributed by atoms with Crippen molar-refractivity contribution in [3.63, 3.8) is 0 Å². The smallest absolute Gasteiger partial charge is 0.477 e. The molecular weight excluding hydrogens is 1870 g/mol. The number of aromatic carboxylic acids is 1. The lowest BCUT2D eigenvalue weighted by Crippen LogP contribution is -2.46. The second-order valence-electron chi connectivity index (χ2n) is 24.4. The quantitative estimate of drug-likeness (QED) is 0.0181. The van der Waals surface area contributed by atoms with E-state index in [9.17, 15) is 80.7 Å². The Labute approximate surface area is 749 Å². The summed E-state index contributed by atoms with van der Waals surface area (Å²) in [5.41, 5.74) is 4.07. The topological polar surface area (TPSA) is 458 Å². The van der Waals surface area contributed by atoms with Gasteiger partial charge < -0.3 is 31.4 Å². The number of carboxylic acids is 1. The number of hydrogen-bond donors (Lipinski definition) is 4. The third kappa shape index (κ3) is 27.7. The molecule has 13 rings (SSSR count). The van der Waals surface area contributed by atoms with Crippen LogP contribution < -0.4 is 26.8 Å². The zero-order chi connectivity index (χ0) is 93.2. The fraction of sp³-hybridized carbons (Fsp3) is 0.342. The number of halogens is 15. The van der Waals surface area contributed by atoms with Crippen LogP contribution in [-0.4, -0.2) is 196 Å². The van der Waals surface area contributed by atoms with E-state index in [1.54, 1.807) is 78.6 Å². The Morgan fingerprint density at radius 3 is 1.23 bits per heavy atom. The Morgan fingerprint density at radius 2 is 0.889 bits per heavy atom. The minimum Gasteiger partial charge on any atom is -0.477 e. The number of benzene rings is 2. The number of rotatable bonds is 20. The van der Waals surface area contributed by atoms with Crippen molar-refractivity contribution in [1.29, 1.82) is 0 Å². The van der Waals surface area contributed by atoms with Crippen LogP contribution in [0.1, 0.15) is 151 Å². The summed E-state index contributed by atoms with van der Waals surface area (Å²) in [4.78, 5) is 108. The van der Waals surface area contributed by atoms with Gasteiger partial charge >= 0.3 is 49.0 Å². The number of imidazole rings is 4. The number of sulfonamides is 2. The standard InChI is InChI=1S/C20H18ClF4N7O3S.C11H12ClN3O2.C11H12F4N4O2S.C9H7Cl2N3O.C9H8ClN3O2.C7H12O3.C4H4ClN3.C2H6.ClH/c1-2-14-17(31-6-5-16(21)29-19(31)28-14)18(33)26-10-12-3-4-15(13(22)9-12)32-8-7-30(11-27-32)36(34,35)20(23,24)25;1-3-7-9(10(16)17-4-2)15-6-5-8(12)14-11(15)13-7;12-9-5-8(6-16)1-2-10(9)19-4-3-18(7-17-19)22(20,21)11(13,14)15;1-2-5-7(8(11)15)14-4-3-6(10)13-9(14)12-5;1-2-5-7(8(14)15)13-4-3-6(10)12-9(13)11-5;1-3-6(8)5-7(9)10-4-2;5-3-1-2-7-4(6)8-3;1-2;/h3-6,9,11H,2,7-8,10H2,1H3,(H,26,33);5-6H,3-4H2,1-2H3;1-2,5,7H,3-4,6,16H2;3-4H,2H2,1H3;3-4H,2H2,1H3,(H,14,15);3-5H2,1-2H3;1-2H,(H2,6,7,8);1-2H3;1H. The van der Waals surface area contributed by atoms with Crippen LogP contribution in [0.3, 0.4) is 0 Å². The average molecular weight is 1950 g/mol. The number of esters is 2. The normalized spacial score (nSPS) is 12.3. The van der Waals surface area contributed by atoms with Crippen molar-refractivity contribution in [2.45, 2.75) is 125 Å². The zero-order valence-corrected chi connectivity index (χ0v) is 74.7. The molecule has 0 bridgehead atoms. The maximum absolute atomic E-state index is 14.7. The third-order valence-electron chi connectivity index (χ3n) is 16.4. The maximum Gasteiger partial charge on any atom is 0.516 e. The van der Waals surface area contributed by atoms with Crippen molar-refractivity contribution < 1.29 is 95.3 Å². The number of ether oxygens (including phenoxy) is 2. The number of hydrogen-bond acceptors (Lipinski definition) is 28. The predicted octanol–water partition coefficient (Wildman–Crippen LogP) is 13.3. The van der Waals surface area contributed by atoms with Crippen LogP contribution in [0.4, 0.5) is 52.4 Å². The van der Waals surface area contributed by atoms with Crippen LogP contribution >= 0.6 is 82.0 Å². The number of hydrazone groups is 2. The summed E-state index contributed by atoms with van der Waals surface area (Å²) in [5, 5.41) is 22.1. The molecule has 2 aliphatic rings. The number of Topliss-reactive ketones (excluding diaryl/α,β-unsaturated/α-hetero) is 1. The molecule has 126 heavy (non-hydrogen) atoms. The number of nitrogens with two attached hydrogens (primary N) is 2. The van der Waals surface area contributed by atoms with Gasteiger partial charge in [0, 0.05) is 50.5 Å². The molecule has 0 spiro atoms. The molecule has 36 nitrogen and oxygen atoms in total. The number of fused-ring (bicyclic) bond motifs is 4. The molecule has 0 aliphatic carbocycles. The summed E-state index contributed by atoms with van der Waals surface area (Å²) in [7, 11) is -11.0. The molecule has 2 aromatic carbocycles. The lowest BCUT2D eigenvalue weighted by atomic mass is 10.1. The van der Waals surface area contributed by atoms with E-state index >= 15 is 0 Å². The number of nitrogens with zero attached hydrogens (tertiary/aromatic N) is 20. The molecule has 0 atom stereocenters. The first kappa shape index (κ1) is 105. The summed E-state index contributed by atoms with van der Waals surface area (Å²) in [6.45, 7) is 15.9. The number of aromatic nitrogens is 14. The first-order chi connectivity index (χ1) is 59.0. The minimum absolute atomic E-state index is 0. The summed E-state index contributed by atoms with van der Waals surface area (Å²) in [5.74, 6) is -2.16. The number of ketones is 1. The van der Waals surface area contributed by atoms with Gasteiger partial charge in [-0.15, -0.1) is 12.4 Å². The van der Waals surface area contributed by atoms with Gasteiger partial charge in [0.15, 0.2) is 11.4 Å². The fourth-order valence-corrected chi connectivity index (χ4v) is 13.0. The highest BCUT2D eigenvalue weighted by atomic mass is 35.5. The Balaban J connectivity index is 0.000000273. The summed E-state index contributed by atoms with van der Waals surface area (Å²) in [6, 6.07) is 15.9. The monoisotopic (exact) mass is 1950 g/mol. The third-order valence-corrected chi connectivity index (χ3v) is 20.6. The van der Waals surface area contributed by atoms with E-state index in [0.717, 1.165) is 16.1 Å². The molecule has 1 amide bonds. The Kier molecular flexibility index (Phi) is 40.2. The van der Waals surface area contributed by atoms with Crippen molar-refractivity contribution in [1.82, 2.24) is 81.4 Å². The lowest BCUT2D eigenvalue weighted by Gasteiger charge is -2.29. The van der Waals surface area contributed by atoms with Gasteiger partial charge in [0.2, 0.25) is 29.1 Å². The van der Waals surface area contributed by atoms with Gasteiger partial charge in [0.25, 0.3) is 11.1 Å². The predicted molar refractivity (Wildman–Crippen MR) is 456 cm³/mol. The fourth-order valence-electron chi connectivity index (χ4n) is 10.6. The van der Waals surface area contributed by atoms with Crippen LogP contribution in [0, 0.1) is 11.6 Å². The maximum atomic E-state index is 14.7. The lowest BCUT2D eigenvalue weighted by molar-refractivity contribution is -0.145. The molecule has 682 valence electrons. The summed E-state index contributed by atoms with van der Waals surface area (Å²) >= 11 is 34.0. The van der Waals surface area contributed by atoms with Gasteiger partial charge in [0.05, 0.1) is 73.5 Å². The number of carboxylic acid groups (broad SMARTS) is 1. The number of carbonyl (C=O) groups is 6. The minimum atomic E-state index is -5.57. The molecule has 11 heterocycles. The Morgan fingerprint density at radius 1 is 0.516 bits per heavy atom. The van der Waals surface area contributed by atoms with Gasteiger partial charge in [-0.1, -0.05) is 119 Å². The van der Waals surface area contributed by atoms with Crippen LogP contribution in [-0.2, 0) is 77.9 Å². The summed E-state index contributed by atoms with van der Waals surface area (Å²) < 4.78 is 165. The molecule has 9 aromatic heterocycles. The molecule has 0 unspecified atom stereocenters. The number of nitrogen functional groups attached to an aromatic ring is 1. The molecule has 2 aliphatic heterocycles. The van der Waals surface area contributed by atoms with Crippen molar-refractivity contribution in [3.05, 3.63) is 192 Å². The van der Waals surface area contributed by atoms with E-state index in [-0.39, 0.29) is 105 Å². The van der Waals surface area contributed by atoms with Gasteiger partial charge in [-0.3, -0.25) is 46.8 Å². The van der Waals surface area contributed by atoms with Crippen LogP contribution in [0.5, 0.6) is 0 Å². The van der Waals surface area contributed by atoms with Crippen LogP contribution in [0.25, 0.3) is 23.1 Å². The van der Waals surface area contributed by atoms with Crippen LogP contribution in [0.15, 0.2) is 108 Å². The van der Waals surface area contributed by atoms with E-state index < -0.39 is 78.9 Å². The van der Waals surface area contributed by atoms with Gasteiger partial charge in [-0.2, -0.15) is 53.4 Å². The molecule has 6 N–H and O–H groups in total. The number of aryl methyl sites for hydroxylation is 4. The number of amides is 1. The van der Waals surface area contributed by atoms with E-state index in [1.807, 2.05) is 41.5 Å². The average Bonchev–Trinajstić information content (AvgIpc) is 1.77. The molecular formula is C73H80Cl7F8N23O13S2. The summed E-state index contributed by atoms with van der Waals surface area (Å²) in [6.07, 6.45) is 11.5. The van der Waals surface area contributed by atoms with E-state index in [2.05, 4.69) is 70.1 Å². The molecule has 53 heteroatoms. The Bertz CT molecular complexity index is 5860. The number of anilines is 3. The van der Waals surface area contributed by atoms with Gasteiger partial charge in [-0.05, 0) is 117 Å². The molecule has 0 saturated heterocycles. The van der Waals surface area contributed by atoms with Crippen molar-refractivity contribution >= 4 is 190 Å². The first-order valence-corrected chi connectivity index (χ1v) is 42.2.